The van der Waals surface area contributed by atoms with Crippen LogP contribution >= 0.6 is 11.6 Å². The van der Waals surface area contributed by atoms with Gasteiger partial charge in [0.25, 0.3) is 5.56 Å². The number of benzene rings is 1. The highest BCUT2D eigenvalue weighted by Crippen LogP contribution is 2.14. The average Bonchev–Trinajstić information content (AvgIpc) is 2.99. The Labute approximate surface area is 159 Å². The van der Waals surface area contributed by atoms with Gasteiger partial charge in [0.1, 0.15) is 0 Å². The molecule has 0 saturated heterocycles. The summed E-state index contributed by atoms with van der Waals surface area (Å²) in [5.41, 5.74) is 0.314. The zero-order valence-corrected chi connectivity index (χ0v) is 15.6. The lowest BCUT2D eigenvalue weighted by molar-refractivity contribution is 0.105. The SMILES string of the molecule is Cn1c(NCC(O)CO)nc2c1c(=O)n(Cc1ccc(Cl)cc1)c(=O)n2C. The van der Waals surface area contributed by atoms with E-state index in [4.69, 9.17) is 16.7 Å². The maximum absolute atomic E-state index is 12.9. The van der Waals surface area contributed by atoms with Crippen LogP contribution in [-0.2, 0) is 20.6 Å². The van der Waals surface area contributed by atoms with Crippen LogP contribution in [0.2, 0.25) is 5.02 Å². The molecular weight excluding hydrogens is 374 g/mol. The van der Waals surface area contributed by atoms with Crippen LogP contribution in [0, 0.1) is 0 Å². The summed E-state index contributed by atoms with van der Waals surface area (Å²) >= 11 is 5.88. The number of imidazole rings is 1. The van der Waals surface area contributed by atoms with E-state index < -0.39 is 24.0 Å². The van der Waals surface area contributed by atoms with Gasteiger partial charge in [-0.05, 0) is 17.7 Å². The molecule has 3 aromatic rings. The normalized spacial score (nSPS) is 12.5. The van der Waals surface area contributed by atoms with E-state index >= 15 is 0 Å². The summed E-state index contributed by atoms with van der Waals surface area (Å²) in [4.78, 5) is 29.9. The maximum atomic E-state index is 12.9. The maximum Gasteiger partial charge on any atom is 0.332 e. The fourth-order valence-electron chi connectivity index (χ4n) is 2.79. The molecule has 1 unspecified atom stereocenters. The highest BCUT2D eigenvalue weighted by molar-refractivity contribution is 6.30. The van der Waals surface area contributed by atoms with Crippen LogP contribution in [0.5, 0.6) is 0 Å². The molecule has 144 valence electrons. The standard InChI is InChI=1S/C17H20ClN5O4/c1-21-13-14(20-16(21)19-7-12(25)9-24)22(2)17(27)23(15(13)26)8-10-3-5-11(18)6-4-10/h3-6,12,24-25H,7-9H2,1-2H3,(H,19,20). The number of hydrogen-bond donors (Lipinski definition) is 3. The van der Waals surface area contributed by atoms with Gasteiger partial charge in [-0.1, -0.05) is 23.7 Å². The molecule has 0 saturated carbocycles. The van der Waals surface area contributed by atoms with Crippen molar-refractivity contribution in [3.8, 4) is 0 Å². The Bertz CT molecular complexity index is 1080. The third-order valence-corrected chi connectivity index (χ3v) is 4.57. The number of nitrogens with one attached hydrogen (secondary N) is 1. The van der Waals surface area contributed by atoms with E-state index in [0.29, 0.717) is 11.0 Å². The van der Waals surface area contributed by atoms with Gasteiger partial charge in [0.15, 0.2) is 11.2 Å². The summed E-state index contributed by atoms with van der Waals surface area (Å²) in [6, 6.07) is 6.91. The lowest BCUT2D eigenvalue weighted by atomic mass is 10.2. The van der Waals surface area contributed by atoms with Crippen LogP contribution in [0.1, 0.15) is 5.56 Å². The van der Waals surface area contributed by atoms with Crippen LogP contribution in [0.25, 0.3) is 11.2 Å². The first-order valence-electron chi connectivity index (χ1n) is 8.27. The molecule has 10 heteroatoms. The molecule has 2 aromatic heterocycles. The van der Waals surface area contributed by atoms with E-state index in [1.807, 2.05) is 0 Å². The summed E-state index contributed by atoms with van der Waals surface area (Å²) in [6.45, 7) is -0.236. The van der Waals surface area contributed by atoms with E-state index in [1.54, 1.807) is 38.4 Å². The van der Waals surface area contributed by atoms with Gasteiger partial charge in [-0.2, -0.15) is 4.98 Å². The second-order valence-corrected chi connectivity index (χ2v) is 6.68. The first-order valence-corrected chi connectivity index (χ1v) is 8.64. The fraction of sp³-hybridized carbons (Fsp3) is 0.353. The first kappa shape index (κ1) is 19.2. The monoisotopic (exact) mass is 393 g/mol. The van der Waals surface area contributed by atoms with Crippen LogP contribution in [-0.4, -0.2) is 48.2 Å². The van der Waals surface area contributed by atoms with Gasteiger partial charge >= 0.3 is 5.69 Å². The predicted octanol–water partition coefficient (Wildman–Crippen LogP) is -0.0995. The number of halogens is 1. The van der Waals surface area contributed by atoms with Gasteiger partial charge in [-0.3, -0.25) is 13.9 Å². The smallest absolute Gasteiger partial charge is 0.332 e. The number of aliphatic hydroxyl groups excluding tert-OH is 2. The Morgan fingerprint density at radius 3 is 2.48 bits per heavy atom. The minimum Gasteiger partial charge on any atom is -0.394 e. The molecule has 0 bridgehead atoms. The summed E-state index contributed by atoms with van der Waals surface area (Å²) in [5.74, 6) is 0.314. The molecular formula is C17H20ClN5O4. The highest BCUT2D eigenvalue weighted by atomic mass is 35.5. The summed E-state index contributed by atoms with van der Waals surface area (Å²) in [6.07, 6.45) is -0.963. The minimum absolute atomic E-state index is 0.0561. The molecule has 3 rings (SSSR count). The number of rotatable bonds is 6. The fourth-order valence-corrected chi connectivity index (χ4v) is 2.91. The van der Waals surface area contributed by atoms with Crippen molar-refractivity contribution in [2.75, 3.05) is 18.5 Å². The van der Waals surface area contributed by atoms with Gasteiger partial charge in [-0.25, -0.2) is 4.79 Å². The van der Waals surface area contributed by atoms with Crippen LogP contribution < -0.4 is 16.6 Å². The number of nitrogens with zero attached hydrogens (tertiary/aromatic N) is 4. The molecule has 1 atom stereocenters. The van der Waals surface area contributed by atoms with Crippen molar-refractivity contribution in [1.29, 1.82) is 0 Å². The van der Waals surface area contributed by atoms with Crippen LogP contribution in [0.15, 0.2) is 33.9 Å². The van der Waals surface area contributed by atoms with Crippen molar-refractivity contribution in [2.24, 2.45) is 14.1 Å². The van der Waals surface area contributed by atoms with E-state index in [9.17, 15) is 14.7 Å². The predicted molar refractivity (Wildman–Crippen MR) is 102 cm³/mol. The van der Waals surface area contributed by atoms with E-state index in [0.717, 1.165) is 10.1 Å². The lowest BCUT2D eigenvalue weighted by Gasteiger charge is -2.10. The van der Waals surface area contributed by atoms with Crippen molar-refractivity contribution in [2.45, 2.75) is 12.6 Å². The van der Waals surface area contributed by atoms with Crippen molar-refractivity contribution < 1.29 is 10.2 Å². The Morgan fingerprint density at radius 1 is 1.19 bits per heavy atom. The number of aromatic nitrogens is 4. The van der Waals surface area contributed by atoms with Gasteiger partial charge in [0.2, 0.25) is 5.95 Å². The molecule has 1 aromatic carbocycles. The van der Waals surface area contributed by atoms with E-state index in [2.05, 4.69) is 10.3 Å². The Morgan fingerprint density at radius 2 is 1.85 bits per heavy atom. The molecule has 9 nitrogen and oxygen atoms in total. The number of hydrogen-bond acceptors (Lipinski definition) is 6. The van der Waals surface area contributed by atoms with E-state index in [1.165, 1.54) is 9.13 Å². The van der Waals surface area contributed by atoms with E-state index in [-0.39, 0.29) is 24.3 Å². The molecule has 2 heterocycles. The number of aryl methyl sites for hydroxylation is 2. The van der Waals surface area contributed by atoms with Crippen LogP contribution in [0.4, 0.5) is 5.95 Å². The second-order valence-electron chi connectivity index (χ2n) is 6.24. The van der Waals surface area contributed by atoms with Gasteiger partial charge < -0.3 is 20.1 Å². The molecule has 0 amide bonds. The zero-order valence-electron chi connectivity index (χ0n) is 14.9. The molecule has 0 radical (unpaired) electrons. The number of fused-ring (bicyclic) bond motifs is 1. The van der Waals surface area contributed by atoms with Gasteiger partial charge in [0.05, 0.1) is 19.3 Å². The summed E-state index contributed by atoms with van der Waals surface area (Å²) in [7, 11) is 3.18. The molecule has 0 fully saturated rings. The van der Waals surface area contributed by atoms with Gasteiger partial charge in [-0.15, -0.1) is 0 Å². The molecule has 0 aliphatic heterocycles. The topological polar surface area (TPSA) is 114 Å². The molecule has 27 heavy (non-hydrogen) atoms. The number of aliphatic hydroxyl groups is 2. The third-order valence-electron chi connectivity index (χ3n) is 4.32. The molecule has 3 N–H and O–H groups in total. The van der Waals surface area contributed by atoms with Crippen molar-refractivity contribution in [3.05, 3.63) is 55.7 Å². The van der Waals surface area contributed by atoms with Crippen LogP contribution in [0.3, 0.4) is 0 Å². The third kappa shape index (κ3) is 3.61. The zero-order chi connectivity index (χ0) is 19.7. The van der Waals surface area contributed by atoms with Crippen molar-refractivity contribution in [1.82, 2.24) is 18.7 Å². The Balaban J connectivity index is 2.08. The minimum atomic E-state index is -0.963. The molecule has 0 aliphatic carbocycles. The quantitative estimate of drug-likeness (QED) is 0.539. The Hall–Kier alpha value is -2.62. The number of anilines is 1. The molecule has 0 aliphatic rings. The van der Waals surface area contributed by atoms with Crippen molar-refractivity contribution in [3.63, 3.8) is 0 Å². The first-order chi connectivity index (χ1) is 12.8. The van der Waals surface area contributed by atoms with Crippen molar-refractivity contribution >= 4 is 28.7 Å². The largest absolute Gasteiger partial charge is 0.394 e. The lowest BCUT2D eigenvalue weighted by Crippen LogP contribution is -2.39. The summed E-state index contributed by atoms with van der Waals surface area (Å²) < 4.78 is 3.97. The average molecular weight is 394 g/mol. The summed E-state index contributed by atoms with van der Waals surface area (Å²) in [5, 5.41) is 21.8. The second kappa shape index (κ2) is 7.55. The van der Waals surface area contributed by atoms with Gasteiger partial charge in [0, 0.05) is 25.7 Å². The Kier molecular flexibility index (Phi) is 5.36. The highest BCUT2D eigenvalue weighted by Gasteiger charge is 2.19. The molecule has 0 spiro atoms.